The number of nitrogens with two attached hydrogens (primary N) is 1. The predicted molar refractivity (Wildman–Crippen MR) is 98.9 cm³/mol. The van der Waals surface area contributed by atoms with Crippen molar-refractivity contribution in [2.75, 3.05) is 13.1 Å². The zero-order chi connectivity index (χ0) is 18.8. The van der Waals surface area contributed by atoms with E-state index in [2.05, 4.69) is 35.8 Å². The molecule has 6 nitrogen and oxygen atoms in total. The van der Waals surface area contributed by atoms with Crippen molar-refractivity contribution in [2.45, 2.75) is 45.6 Å². The molecule has 0 bridgehead atoms. The molecule has 7 heteroatoms. The van der Waals surface area contributed by atoms with E-state index in [1.165, 1.54) is 12.1 Å². The van der Waals surface area contributed by atoms with Gasteiger partial charge in [0, 0.05) is 35.3 Å². The lowest BCUT2D eigenvalue weighted by atomic mass is 9.81. The van der Waals surface area contributed by atoms with Gasteiger partial charge in [-0.2, -0.15) is 0 Å². The molecule has 3 N–H and O–H groups in total. The Bertz CT molecular complexity index is 1030. The maximum atomic E-state index is 13.9. The first-order valence-corrected chi connectivity index (χ1v) is 8.96. The highest BCUT2D eigenvalue weighted by molar-refractivity contribution is 6.05. The number of amides is 1. The van der Waals surface area contributed by atoms with Crippen molar-refractivity contribution < 1.29 is 9.18 Å². The first-order valence-electron chi connectivity index (χ1n) is 8.96. The van der Waals surface area contributed by atoms with E-state index in [-0.39, 0.29) is 11.0 Å². The highest BCUT2D eigenvalue weighted by atomic mass is 19.1. The Hall–Kier alpha value is -2.41. The number of benzene rings is 1. The number of imidazole rings is 1. The normalized spacial score (nSPS) is 21.5. The molecular weight excluding hydrogens is 333 g/mol. The Labute approximate surface area is 151 Å². The molecule has 3 heterocycles. The monoisotopic (exact) mass is 357 g/mol. The molecule has 1 fully saturated rings. The van der Waals surface area contributed by atoms with Crippen LogP contribution in [0, 0.1) is 12.7 Å². The Morgan fingerprint density at radius 3 is 2.77 bits per heavy atom. The minimum absolute atomic E-state index is 0.0532. The van der Waals surface area contributed by atoms with Crippen LogP contribution in [0.4, 0.5) is 4.39 Å². The van der Waals surface area contributed by atoms with Crippen molar-refractivity contribution in [3.05, 3.63) is 34.8 Å². The van der Waals surface area contributed by atoms with Gasteiger partial charge in [-0.25, -0.2) is 13.9 Å². The van der Waals surface area contributed by atoms with Gasteiger partial charge in [0.2, 0.25) is 0 Å². The number of nitrogens with zero attached hydrogens (tertiary/aromatic N) is 3. The summed E-state index contributed by atoms with van der Waals surface area (Å²) in [5.41, 5.74) is 9.43. The van der Waals surface area contributed by atoms with E-state index in [4.69, 9.17) is 5.73 Å². The standard InChI is InChI=1S/C19H24FN5O/c1-10(2)24-6-5-19(4,9-24)15-11(3)23-25-16-13(17(21)26)7-12(20)8-14(16)22-18(15)25/h7-8,10,23H,5-6,9H2,1-4H3,(H2,21,26). The van der Waals surface area contributed by atoms with Crippen LogP contribution in [0.15, 0.2) is 12.1 Å². The molecule has 1 aliphatic heterocycles. The molecule has 1 aliphatic rings. The van der Waals surface area contributed by atoms with Crippen LogP contribution in [0.5, 0.6) is 0 Å². The number of rotatable bonds is 3. The number of aromatic nitrogens is 3. The zero-order valence-electron chi connectivity index (χ0n) is 15.6. The van der Waals surface area contributed by atoms with E-state index in [1.807, 2.05) is 6.92 Å². The van der Waals surface area contributed by atoms with Crippen molar-refractivity contribution in [3.63, 3.8) is 0 Å². The number of likely N-dealkylation sites (tertiary alicyclic amines) is 1. The van der Waals surface area contributed by atoms with Crippen LogP contribution < -0.4 is 5.73 Å². The van der Waals surface area contributed by atoms with Crippen LogP contribution in [-0.2, 0) is 5.41 Å². The second kappa shape index (κ2) is 5.54. The van der Waals surface area contributed by atoms with Crippen LogP contribution in [0.3, 0.4) is 0 Å². The summed E-state index contributed by atoms with van der Waals surface area (Å²) < 4.78 is 15.7. The minimum atomic E-state index is -0.664. The molecule has 0 saturated carbocycles. The molecule has 1 atom stereocenters. The minimum Gasteiger partial charge on any atom is -0.366 e. The van der Waals surface area contributed by atoms with Crippen LogP contribution in [0.1, 0.15) is 48.8 Å². The number of aryl methyl sites for hydroxylation is 1. The Morgan fingerprint density at radius 1 is 1.42 bits per heavy atom. The van der Waals surface area contributed by atoms with Crippen LogP contribution >= 0.6 is 0 Å². The van der Waals surface area contributed by atoms with Crippen LogP contribution in [-0.4, -0.2) is 44.5 Å². The zero-order valence-corrected chi connectivity index (χ0v) is 15.6. The maximum Gasteiger partial charge on any atom is 0.251 e. The second-order valence-electron chi connectivity index (χ2n) is 7.94. The highest BCUT2D eigenvalue weighted by Crippen LogP contribution is 2.39. The fourth-order valence-electron chi connectivity index (χ4n) is 4.39. The summed E-state index contributed by atoms with van der Waals surface area (Å²) in [6, 6.07) is 3.01. The second-order valence-corrected chi connectivity index (χ2v) is 7.94. The molecule has 1 amide bonds. The fourth-order valence-corrected chi connectivity index (χ4v) is 4.39. The molecular formula is C19H24FN5O. The summed E-state index contributed by atoms with van der Waals surface area (Å²) >= 11 is 0. The van der Waals surface area contributed by atoms with Gasteiger partial charge in [-0.1, -0.05) is 6.92 Å². The number of H-pyrrole nitrogens is 1. The topological polar surface area (TPSA) is 79.4 Å². The van der Waals surface area contributed by atoms with Gasteiger partial charge in [0.1, 0.15) is 11.3 Å². The van der Waals surface area contributed by atoms with E-state index >= 15 is 0 Å². The molecule has 2 aromatic heterocycles. The number of aromatic amines is 1. The number of halogens is 1. The number of primary amides is 1. The van der Waals surface area contributed by atoms with Gasteiger partial charge < -0.3 is 10.6 Å². The summed E-state index contributed by atoms with van der Waals surface area (Å²) in [5, 5.41) is 3.32. The Kier molecular flexibility index (Phi) is 3.63. The van der Waals surface area contributed by atoms with Crippen molar-refractivity contribution in [2.24, 2.45) is 5.73 Å². The quantitative estimate of drug-likeness (QED) is 0.756. The third-order valence-corrected chi connectivity index (χ3v) is 5.70. The van der Waals surface area contributed by atoms with Gasteiger partial charge >= 0.3 is 0 Å². The van der Waals surface area contributed by atoms with Gasteiger partial charge in [-0.3, -0.25) is 9.89 Å². The van der Waals surface area contributed by atoms with Gasteiger partial charge in [0.25, 0.3) is 5.91 Å². The third-order valence-electron chi connectivity index (χ3n) is 5.70. The Balaban J connectivity index is 1.97. The molecule has 1 aromatic carbocycles. The summed E-state index contributed by atoms with van der Waals surface area (Å²) in [6.07, 6.45) is 1.03. The molecule has 26 heavy (non-hydrogen) atoms. The molecule has 0 spiro atoms. The fraction of sp³-hybridized carbons (Fsp3) is 0.474. The summed E-state index contributed by atoms with van der Waals surface area (Å²) in [5.74, 6) is -1.17. The first kappa shape index (κ1) is 17.0. The molecule has 1 unspecified atom stereocenters. The number of carbonyl (C=O) groups excluding carboxylic acids is 1. The number of carbonyl (C=O) groups is 1. The molecule has 0 radical (unpaired) electrons. The average molecular weight is 357 g/mol. The summed E-state index contributed by atoms with van der Waals surface area (Å²) in [7, 11) is 0. The predicted octanol–water partition coefficient (Wildman–Crippen LogP) is 2.73. The molecule has 3 aromatic rings. The van der Waals surface area contributed by atoms with E-state index in [0.29, 0.717) is 17.1 Å². The lowest BCUT2D eigenvalue weighted by Gasteiger charge is -2.26. The maximum absolute atomic E-state index is 13.9. The van der Waals surface area contributed by atoms with Gasteiger partial charge in [-0.15, -0.1) is 0 Å². The van der Waals surface area contributed by atoms with E-state index in [0.717, 1.165) is 36.4 Å². The molecule has 1 saturated heterocycles. The van der Waals surface area contributed by atoms with E-state index in [9.17, 15) is 9.18 Å². The first-order chi connectivity index (χ1) is 12.2. The van der Waals surface area contributed by atoms with Gasteiger partial charge in [-0.05, 0) is 39.8 Å². The van der Waals surface area contributed by atoms with Crippen molar-refractivity contribution >= 4 is 22.6 Å². The van der Waals surface area contributed by atoms with Gasteiger partial charge in [0.15, 0.2) is 5.65 Å². The molecule has 0 aliphatic carbocycles. The smallest absolute Gasteiger partial charge is 0.251 e. The van der Waals surface area contributed by atoms with Crippen LogP contribution in [0.2, 0.25) is 0 Å². The van der Waals surface area contributed by atoms with Crippen molar-refractivity contribution in [3.8, 4) is 0 Å². The third kappa shape index (κ3) is 2.34. The number of nitrogens with one attached hydrogen (secondary N) is 1. The summed E-state index contributed by atoms with van der Waals surface area (Å²) in [6.45, 7) is 10.7. The lowest BCUT2D eigenvalue weighted by Crippen LogP contribution is -2.33. The SMILES string of the molecule is Cc1[nH]n2c(nc3cc(F)cc(C(N)=O)c32)c1C1(C)CCN(C(C)C)C1. The van der Waals surface area contributed by atoms with Crippen LogP contribution in [0.25, 0.3) is 16.7 Å². The average Bonchev–Trinajstić information content (AvgIpc) is 3.17. The lowest BCUT2D eigenvalue weighted by molar-refractivity contribution is 0.100. The molecule has 4 rings (SSSR count). The Morgan fingerprint density at radius 2 is 2.15 bits per heavy atom. The highest BCUT2D eigenvalue weighted by Gasteiger charge is 2.40. The molecule has 138 valence electrons. The number of hydrogen-bond donors (Lipinski definition) is 2. The number of hydrogen-bond acceptors (Lipinski definition) is 3. The van der Waals surface area contributed by atoms with E-state index in [1.54, 1.807) is 4.52 Å². The number of fused-ring (bicyclic) bond motifs is 3. The van der Waals surface area contributed by atoms with Gasteiger partial charge in [0.05, 0.1) is 11.1 Å². The van der Waals surface area contributed by atoms with Crippen molar-refractivity contribution in [1.82, 2.24) is 19.5 Å². The van der Waals surface area contributed by atoms with E-state index < -0.39 is 11.7 Å². The largest absolute Gasteiger partial charge is 0.366 e. The summed E-state index contributed by atoms with van der Waals surface area (Å²) in [4.78, 5) is 19.0. The van der Waals surface area contributed by atoms with Crippen molar-refractivity contribution in [1.29, 1.82) is 0 Å².